The highest BCUT2D eigenvalue weighted by Crippen LogP contribution is 2.19. The van der Waals surface area contributed by atoms with E-state index in [-0.39, 0.29) is 18.4 Å². The predicted octanol–water partition coefficient (Wildman–Crippen LogP) is 3.20. The number of aryl methyl sites for hydroxylation is 2. The fourth-order valence-corrected chi connectivity index (χ4v) is 2.92. The number of nitrogens with one attached hydrogen (secondary N) is 1. The minimum atomic E-state index is -0.270. The van der Waals surface area contributed by atoms with Gasteiger partial charge in [-0.3, -0.25) is 14.2 Å². The number of hydrogen-bond acceptors (Lipinski definition) is 3. The monoisotopic (exact) mass is 362 g/mol. The number of aromatic nitrogens is 2. The third-order valence-corrected chi connectivity index (χ3v) is 4.36. The molecule has 0 atom stereocenters. The number of hydrogen-bond donors (Lipinski definition) is 1. The van der Waals surface area contributed by atoms with Crippen molar-refractivity contribution in [2.24, 2.45) is 0 Å². The van der Waals surface area contributed by atoms with Gasteiger partial charge in [0.05, 0.1) is 19.1 Å². The van der Waals surface area contributed by atoms with E-state index in [1.165, 1.54) is 11.1 Å². The SMILES string of the molecule is Cc1cccc(C)c1NC(=O)CN(C)C(=O)c1cncn1-c1ccccc1. The van der Waals surface area contributed by atoms with E-state index in [0.29, 0.717) is 5.69 Å². The van der Waals surface area contributed by atoms with Crippen LogP contribution in [-0.2, 0) is 4.79 Å². The molecule has 3 aromatic rings. The van der Waals surface area contributed by atoms with E-state index >= 15 is 0 Å². The predicted molar refractivity (Wildman–Crippen MR) is 105 cm³/mol. The van der Waals surface area contributed by atoms with Gasteiger partial charge in [-0.25, -0.2) is 4.98 Å². The Morgan fingerprint density at radius 2 is 1.70 bits per heavy atom. The molecule has 0 aliphatic carbocycles. The van der Waals surface area contributed by atoms with Crippen LogP contribution in [0.25, 0.3) is 5.69 Å². The van der Waals surface area contributed by atoms with E-state index in [2.05, 4.69) is 10.3 Å². The molecule has 6 heteroatoms. The van der Waals surface area contributed by atoms with Gasteiger partial charge in [0.1, 0.15) is 5.69 Å². The van der Waals surface area contributed by atoms with Crippen molar-refractivity contribution in [2.75, 3.05) is 18.9 Å². The molecule has 0 aliphatic rings. The number of amides is 2. The van der Waals surface area contributed by atoms with Gasteiger partial charge in [0.25, 0.3) is 5.91 Å². The van der Waals surface area contributed by atoms with Crippen molar-refractivity contribution < 1.29 is 9.59 Å². The number of nitrogens with zero attached hydrogens (tertiary/aromatic N) is 3. The van der Waals surface area contributed by atoms with E-state index in [9.17, 15) is 9.59 Å². The molecule has 0 radical (unpaired) electrons. The van der Waals surface area contributed by atoms with Crippen LogP contribution in [0.4, 0.5) is 5.69 Å². The second-order valence-corrected chi connectivity index (χ2v) is 6.46. The van der Waals surface area contributed by atoms with Crippen molar-refractivity contribution in [3.05, 3.63) is 77.9 Å². The third-order valence-electron chi connectivity index (χ3n) is 4.36. The molecule has 138 valence electrons. The lowest BCUT2D eigenvalue weighted by Gasteiger charge is -2.19. The molecule has 2 amide bonds. The molecule has 3 rings (SSSR count). The molecule has 2 aromatic carbocycles. The van der Waals surface area contributed by atoms with Crippen LogP contribution in [0.1, 0.15) is 21.6 Å². The molecule has 1 aromatic heterocycles. The molecular weight excluding hydrogens is 340 g/mol. The molecule has 0 spiro atoms. The minimum Gasteiger partial charge on any atom is -0.331 e. The Balaban J connectivity index is 1.72. The summed E-state index contributed by atoms with van der Waals surface area (Å²) in [5.41, 5.74) is 4.01. The van der Waals surface area contributed by atoms with Crippen LogP contribution in [0.2, 0.25) is 0 Å². The van der Waals surface area contributed by atoms with Crippen LogP contribution >= 0.6 is 0 Å². The number of carbonyl (C=O) groups is 2. The van der Waals surface area contributed by atoms with Crippen LogP contribution in [-0.4, -0.2) is 39.9 Å². The molecule has 1 N–H and O–H groups in total. The summed E-state index contributed by atoms with van der Waals surface area (Å²) < 4.78 is 1.71. The summed E-state index contributed by atoms with van der Waals surface area (Å²) in [6.07, 6.45) is 3.10. The Bertz CT molecular complexity index is 943. The topological polar surface area (TPSA) is 67.2 Å². The molecule has 0 saturated heterocycles. The van der Waals surface area contributed by atoms with Gasteiger partial charge in [-0.1, -0.05) is 36.4 Å². The smallest absolute Gasteiger partial charge is 0.272 e. The first-order chi connectivity index (χ1) is 13.0. The summed E-state index contributed by atoms with van der Waals surface area (Å²) in [5.74, 6) is -0.512. The van der Waals surface area contributed by atoms with E-state index in [1.807, 2.05) is 62.4 Å². The number of likely N-dealkylation sites (N-methyl/N-ethyl adjacent to an activating group) is 1. The first-order valence-corrected chi connectivity index (χ1v) is 8.66. The largest absolute Gasteiger partial charge is 0.331 e. The van der Waals surface area contributed by atoms with E-state index < -0.39 is 0 Å². The van der Waals surface area contributed by atoms with E-state index in [1.54, 1.807) is 17.9 Å². The number of carbonyl (C=O) groups excluding carboxylic acids is 2. The summed E-state index contributed by atoms with van der Waals surface area (Å²) >= 11 is 0. The quantitative estimate of drug-likeness (QED) is 0.758. The third kappa shape index (κ3) is 4.06. The normalized spacial score (nSPS) is 10.5. The van der Waals surface area contributed by atoms with Crippen LogP contribution in [0.5, 0.6) is 0 Å². The van der Waals surface area contributed by atoms with Crippen molar-refractivity contribution in [3.63, 3.8) is 0 Å². The van der Waals surface area contributed by atoms with Crippen molar-refractivity contribution in [3.8, 4) is 5.69 Å². The Morgan fingerprint density at radius 3 is 2.37 bits per heavy atom. The molecular formula is C21H22N4O2. The number of imidazole rings is 1. The van der Waals surface area contributed by atoms with Crippen LogP contribution < -0.4 is 5.32 Å². The molecule has 6 nitrogen and oxygen atoms in total. The highest BCUT2D eigenvalue weighted by atomic mass is 16.2. The van der Waals surface area contributed by atoms with Gasteiger partial charge < -0.3 is 10.2 Å². The average Bonchev–Trinajstić information content (AvgIpc) is 3.14. The lowest BCUT2D eigenvalue weighted by Crippen LogP contribution is -2.36. The maximum Gasteiger partial charge on any atom is 0.272 e. The zero-order chi connectivity index (χ0) is 19.4. The first kappa shape index (κ1) is 18.4. The van der Waals surface area contributed by atoms with Gasteiger partial charge in [-0.2, -0.15) is 0 Å². The summed E-state index contributed by atoms with van der Waals surface area (Å²) in [4.78, 5) is 30.7. The first-order valence-electron chi connectivity index (χ1n) is 8.66. The Hall–Kier alpha value is -3.41. The maximum atomic E-state index is 12.8. The highest BCUT2D eigenvalue weighted by molar-refractivity contribution is 5.99. The van der Waals surface area contributed by atoms with Gasteiger partial charge in [0, 0.05) is 18.4 Å². The van der Waals surface area contributed by atoms with Crippen molar-refractivity contribution in [2.45, 2.75) is 13.8 Å². The second-order valence-electron chi connectivity index (χ2n) is 6.46. The van der Waals surface area contributed by atoms with E-state index in [0.717, 1.165) is 22.5 Å². The maximum absolute atomic E-state index is 12.8. The standard InChI is InChI=1S/C21H22N4O2/c1-15-8-7-9-16(2)20(15)23-19(26)13-24(3)21(27)18-12-22-14-25(18)17-10-5-4-6-11-17/h4-12,14H,13H2,1-3H3,(H,23,26). The second kappa shape index (κ2) is 7.86. The molecule has 0 aliphatic heterocycles. The minimum absolute atomic E-state index is 0.0490. The fraction of sp³-hybridized carbons (Fsp3) is 0.190. The molecule has 0 bridgehead atoms. The number of anilines is 1. The van der Waals surface area contributed by atoms with Crippen molar-refractivity contribution in [1.82, 2.24) is 14.5 Å². The lowest BCUT2D eigenvalue weighted by atomic mass is 10.1. The molecule has 0 saturated carbocycles. The lowest BCUT2D eigenvalue weighted by molar-refractivity contribution is -0.116. The van der Waals surface area contributed by atoms with Gasteiger partial charge >= 0.3 is 0 Å². The summed E-state index contributed by atoms with van der Waals surface area (Å²) in [5, 5.41) is 2.90. The number of benzene rings is 2. The molecule has 1 heterocycles. The van der Waals surface area contributed by atoms with E-state index in [4.69, 9.17) is 0 Å². The Kier molecular flexibility index (Phi) is 5.35. The zero-order valence-corrected chi connectivity index (χ0v) is 15.6. The zero-order valence-electron chi connectivity index (χ0n) is 15.6. The van der Waals surface area contributed by atoms with Crippen LogP contribution in [0, 0.1) is 13.8 Å². The summed E-state index contributed by atoms with van der Waals surface area (Å²) in [7, 11) is 1.61. The number of para-hydroxylation sites is 2. The summed E-state index contributed by atoms with van der Waals surface area (Å²) in [6, 6.07) is 15.3. The molecule has 0 unspecified atom stereocenters. The summed E-state index contributed by atoms with van der Waals surface area (Å²) in [6.45, 7) is 3.83. The Labute approximate surface area is 158 Å². The van der Waals surface area contributed by atoms with Crippen LogP contribution in [0.3, 0.4) is 0 Å². The fourth-order valence-electron chi connectivity index (χ4n) is 2.92. The van der Waals surface area contributed by atoms with Crippen LogP contribution in [0.15, 0.2) is 61.1 Å². The van der Waals surface area contributed by atoms with Gasteiger partial charge in [0.2, 0.25) is 5.91 Å². The molecule has 0 fully saturated rings. The van der Waals surface area contributed by atoms with Gasteiger partial charge in [-0.05, 0) is 37.1 Å². The van der Waals surface area contributed by atoms with Gasteiger partial charge in [0.15, 0.2) is 0 Å². The Morgan fingerprint density at radius 1 is 1.04 bits per heavy atom. The van der Waals surface area contributed by atoms with Gasteiger partial charge in [-0.15, -0.1) is 0 Å². The van der Waals surface area contributed by atoms with Crippen molar-refractivity contribution in [1.29, 1.82) is 0 Å². The average molecular weight is 362 g/mol. The molecule has 27 heavy (non-hydrogen) atoms. The highest BCUT2D eigenvalue weighted by Gasteiger charge is 2.20. The van der Waals surface area contributed by atoms with Crippen molar-refractivity contribution >= 4 is 17.5 Å². The number of rotatable bonds is 5.